The molecule has 0 N–H and O–H groups in total. The molecule has 1 aromatic heterocycles. The lowest BCUT2D eigenvalue weighted by Gasteiger charge is -2.09. The SMILES string of the molecule is O=c1c2ccccc2nc(-c2ccccc2)n1N=Cc1ccc(Cl)c(Cl)c1. The Kier molecular flexibility index (Phi) is 4.75. The van der Waals surface area contributed by atoms with Crippen LogP contribution in [0.4, 0.5) is 0 Å². The summed E-state index contributed by atoms with van der Waals surface area (Å²) in [5.41, 5.74) is 1.91. The molecule has 4 nitrogen and oxygen atoms in total. The number of rotatable bonds is 3. The summed E-state index contributed by atoms with van der Waals surface area (Å²) < 4.78 is 1.31. The normalized spacial score (nSPS) is 11.3. The number of hydrogen-bond donors (Lipinski definition) is 0. The molecule has 4 aromatic rings. The second kappa shape index (κ2) is 7.35. The Balaban J connectivity index is 1.92. The molecule has 0 saturated carbocycles. The van der Waals surface area contributed by atoms with E-state index < -0.39 is 0 Å². The molecule has 6 heteroatoms. The Bertz CT molecular complexity index is 1220. The van der Waals surface area contributed by atoms with E-state index in [1.165, 1.54) is 4.68 Å². The summed E-state index contributed by atoms with van der Waals surface area (Å²) >= 11 is 12.0. The van der Waals surface area contributed by atoms with Gasteiger partial charge in [0.15, 0.2) is 5.82 Å². The van der Waals surface area contributed by atoms with Gasteiger partial charge in [0, 0.05) is 5.56 Å². The molecule has 0 atom stereocenters. The molecule has 0 aliphatic rings. The first-order valence-corrected chi connectivity index (χ1v) is 8.96. The van der Waals surface area contributed by atoms with Gasteiger partial charge in [-0.15, -0.1) is 0 Å². The minimum absolute atomic E-state index is 0.240. The van der Waals surface area contributed by atoms with Crippen LogP contribution in [-0.2, 0) is 0 Å². The third-order valence-corrected chi connectivity index (χ3v) is 4.79. The van der Waals surface area contributed by atoms with Gasteiger partial charge >= 0.3 is 0 Å². The van der Waals surface area contributed by atoms with Crippen molar-refractivity contribution in [3.63, 3.8) is 0 Å². The van der Waals surface area contributed by atoms with E-state index in [1.807, 2.05) is 42.5 Å². The van der Waals surface area contributed by atoms with Gasteiger partial charge in [0.2, 0.25) is 0 Å². The van der Waals surface area contributed by atoms with Crippen LogP contribution in [-0.4, -0.2) is 15.9 Å². The van der Waals surface area contributed by atoms with Crippen molar-refractivity contribution in [2.45, 2.75) is 0 Å². The average Bonchev–Trinajstić information content (AvgIpc) is 2.70. The molecular weight excluding hydrogens is 381 g/mol. The third kappa shape index (κ3) is 3.50. The van der Waals surface area contributed by atoms with E-state index in [2.05, 4.69) is 10.1 Å². The minimum Gasteiger partial charge on any atom is -0.267 e. The number of aromatic nitrogens is 2. The Morgan fingerprint density at radius 2 is 1.63 bits per heavy atom. The largest absolute Gasteiger partial charge is 0.282 e. The molecule has 0 aliphatic heterocycles. The monoisotopic (exact) mass is 393 g/mol. The van der Waals surface area contributed by atoms with E-state index in [0.717, 1.165) is 11.1 Å². The van der Waals surface area contributed by atoms with Gasteiger partial charge in [0.25, 0.3) is 5.56 Å². The lowest BCUT2D eigenvalue weighted by molar-refractivity contribution is 0.830. The molecule has 0 aliphatic carbocycles. The topological polar surface area (TPSA) is 47.2 Å². The van der Waals surface area contributed by atoms with E-state index in [-0.39, 0.29) is 5.56 Å². The van der Waals surface area contributed by atoms with Crippen molar-refractivity contribution in [3.05, 3.63) is 98.8 Å². The summed E-state index contributed by atoms with van der Waals surface area (Å²) in [6.45, 7) is 0. The standard InChI is InChI=1S/C21H13Cl2N3O/c22-17-11-10-14(12-18(17)23)13-24-26-20(15-6-2-1-3-7-15)25-19-9-5-4-8-16(19)21(26)27/h1-13H. The number of para-hydroxylation sites is 1. The Morgan fingerprint density at radius 1 is 0.889 bits per heavy atom. The summed E-state index contributed by atoms with van der Waals surface area (Å²) in [7, 11) is 0. The van der Waals surface area contributed by atoms with Gasteiger partial charge in [-0.25, -0.2) is 4.98 Å². The number of hydrogen-bond acceptors (Lipinski definition) is 3. The summed E-state index contributed by atoms with van der Waals surface area (Å²) in [5, 5.41) is 5.78. The van der Waals surface area contributed by atoms with Crippen molar-refractivity contribution in [1.29, 1.82) is 0 Å². The number of nitrogens with zero attached hydrogens (tertiary/aromatic N) is 3. The van der Waals surface area contributed by atoms with E-state index in [0.29, 0.717) is 26.8 Å². The molecule has 3 aromatic carbocycles. The molecule has 0 spiro atoms. The average molecular weight is 394 g/mol. The van der Waals surface area contributed by atoms with Gasteiger partial charge in [0.1, 0.15) is 0 Å². The number of halogens is 2. The van der Waals surface area contributed by atoms with E-state index in [1.54, 1.807) is 36.5 Å². The van der Waals surface area contributed by atoms with Gasteiger partial charge in [-0.3, -0.25) is 4.79 Å². The minimum atomic E-state index is -0.240. The fourth-order valence-electron chi connectivity index (χ4n) is 2.72. The zero-order valence-electron chi connectivity index (χ0n) is 14.0. The molecule has 1 heterocycles. The fraction of sp³-hybridized carbons (Fsp3) is 0. The summed E-state index contributed by atoms with van der Waals surface area (Å²) in [4.78, 5) is 17.7. The summed E-state index contributed by atoms with van der Waals surface area (Å²) in [6, 6.07) is 21.8. The van der Waals surface area contributed by atoms with Crippen LogP contribution in [0.5, 0.6) is 0 Å². The van der Waals surface area contributed by atoms with Crippen molar-refractivity contribution in [2.24, 2.45) is 5.10 Å². The molecular formula is C21H13Cl2N3O. The first-order chi connectivity index (χ1) is 13.1. The maximum atomic E-state index is 13.0. The first-order valence-electron chi connectivity index (χ1n) is 8.20. The highest BCUT2D eigenvalue weighted by atomic mass is 35.5. The number of fused-ring (bicyclic) bond motifs is 1. The zero-order chi connectivity index (χ0) is 18.8. The van der Waals surface area contributed by atoms with E-state index in [9.17, 15) is 4.79 Å². The maximum Gasteiger partial charge on any atom is 0.282 e. The molecule has 0 unspecified atom stereocenters. The molecule has 0 bridgehead atoms. The summed E-state index contributed by atoms with van der Waals surface area (Å²) in [6.07, 6.45) is 1.56. The van der Waals surface area contributed by atoms with Crippen LogP contribution in [0.3, 0.4) is 0 Å². The van der Waals surface area contributed by atoms with Crippen LogP contribution in [0.15, 0.2) is 82.7 Å². The van der Waals surface area contributed by atoms with Gasteiger partial charge in [-0.05, 0) is 29.8 Å². The molecule has 4 rings (SSSR count). The maximum absolute atomic E-state index is 13.0. The van der Waals surface area contributed by atoms with Crippen LogP contribution in [0.25, 0.3) is 22.3 Å². The van der Waals surface area contributed by atoms with Crippen molar-refractivity contribution in [3.8, 4) is 11.4 Å². The second-order valence-electron chi connectivity index (χ2n) is 5.85. The highest BCUT2D eigenvalue weighted by Gasteiger charge is 2.11. The highest BCUT2D eigenvalue weighted by molar-refractivity contribution is 6.42. The van der Waals surface area contributed by atoms with Crippen LogP contribution in [0, 0.1) is 0 Å². The van der Waals surface area contributed by atoms with Gasteiger partial charge in [-0.2, -0.15) is 9.78 Å². The molecule has 0 saturated heterocycles. The predicted molar refractivity (Wildman–Crippen MR) is 111 cm³/mol. The molecule has 0 amide bonds. The quantitative estimate of drug-likeness (QED) is 0.446. The van der Waals surface area contributed by atoms with Crippen LogP contribution >= 0.6 is 23.2 Å². The van der Waals surface area contributed by atoms with Crippen LogP contribution in [0.1, 0.15) is 5.56 Å². The van der Waals surface area contributed by atoms with Gasteiger partial charge in [0.05, 0.1) is 27.2 Å². The van der Waals surface area contributed by atoms with Crippen molar-refractivity contribution >= 4 is 40.3 Å². The zero-order valence-corrected chi connectivity index (χ0v) is 15.5. The Morgan fingerprint density at radius 3 is 2.41 bits per heavy atom. The van der Waals surface area contributed by atoms with Gasteiger partial charge in [-0.1, -0.05) is 71.7 Å². The lowest BCUT2D eigenvalue weighted by atomic mass is 10.2. The first kappa shape index (κ1) is 17.5. The molecule has 132 valence electrons. The predicted octanol–water partition coefficient (Wildman–Crippen LogP) is 5.25. The van der Waals surface area contributed by atoms with Crippen molar-refractivity contribution in [1.82, 2.24) is 9.66 Å². The van der Waals surface area contributed by atoms with Crippen molar-refractivity contribution in [2.75, 3.05) is 0 Å². The highest BCUT2D eigenvalue weighted by Crippen LogP contribution is 2.22. The van der Waals surface area contributed by atoms with Gasteiger partial charge < -0.3 is 0 Å². The van der Waals surface area contributed by atoms with Crippen LogP contribution in [0.2, 0.25) is 10.0 Å². The molecule has 0 fully saturated rings. The smallest absolute Gasteiger partial charge is 0.267 e. The van der Waals surface area contributed by atoms with E-state index in [4.69, 9.17) is 23.2 Å². The van der Waals surface area contributed by atoms with Crippen molar-refractivity contribution < 1.29 is 0 Å². The lowest BCUT2D eigenvalue weighted by Crippen LogP contribution is -2.20. The van der Waals surface area contributed by atoms with E-state index >= 15 is 0 Å². The Labute approximate surface area is 165 Å². The second-order valence-corrected chi connectivity index (χ2v) is 6.67. The molecule has 27 heavy (non-hydrogen) atoms. The molecule has 0 radical (unpaired) electrons. The Hall–Kier alpha value is -2.95. The third-order valence-electron chi connectivity index (χ3n) is 4.05. The number of benzene rings is 3. The fourth-order valence-corrected chi connectivity index (χ4v) is 3.03. The van der Waals surface area contributed by atoms with Crippen LogP contribution < -0.4 is 5.56 Å². The summed E-state index contributed by atoms with van der Waals surface area (Å²) in [5.74, 6) is 0.468.